The van der Waals surface area contributed by atoms with E-state index in [1.807, 2.05) is 0 Å². The number of nitrogens with one attached hydrogen (secondary N) is 1. The van der Waals surface area contributed by atoms with Crippen molar-refractivity contribution in [1.29, 1.82) is 0 Å². The number of rotatable bonds is 2. The van der Waals surface area contributed by atoms with E-state index >= 15 is 0 Å². The van der Waals surface area contributed by atoms with Gasteiger partial charge in [-0.05, 0) is 44.4 Å². The van der Waals surface area contributed by atoms with E-state index in [2.05, 4.69) is 12.2 Å². The van der Waals surface area contributed by atoms with Gasteiger partial charge in [-0.2, -0.15) is 0 Å². The molecule has 0 radical (unpaired) electrons. The molecule has 96 valence electrons. The van der Waals surface area contributed by atoms with E-state index in [1.165, 1.54) is 12.8 Å². The lowest BCUT2D eigenvalue weighted by Gasteiger charge is -2.31. The Bertz CT molecular complexity index is 323. The second-order valence-corrected chi connectivity index (χ2v) is 6.29. The fourth-order valence-electron chi connectivity index (χ4n) is 3.87. The summed E-state index contributed by atoms with van der Waals surface area (Å²) < 4.78 is 5.37. The van der Waals surface area contributed by atoms with Gasteiger partial charge in [-0.15, -0.1) is 0 Å². The minimum atomic E-state index is -0.168. The van der Waals surface area contributed by atoms with Gasteiger partial charge in [0.05, 0.1) is 18.1 Å². The maximum Gasteiger partial charge on any atom is 0.225 e. The largest absolute Gasteiger partial charge is 0.379 e. The lowest BCUT2D eigenvalue weighted by atomic mass is 9.83. The maximum absolute atomic E-state index is 12.4. The average molecular weight is 238 g/mol. The van der Waals surface area contributed by atoms with Crippen LogP contribution < -0.4 is 11.1 Å². The average Bonchev–Trinajstić information content (AvgIpc) is 2.93. The second-order valence-electron chi connectivity index (χ2n) is 6.29. The van der Waals surface area contributed by atoms with Crippen LogP contribution in [0, 0.1) is 17.8 Å². The van der Waals surface area contributed by atoms with E-state index < -0.39 is 0 Å². The van der Waals surface area contributed by atoms with Crippen LogP contribution in [0.25, 0.3) is 0 Å². The van der Waals surface area contributed by atoms with Gasteiger partial charge in [-0.25, -0.2) is 0 Å². The Labute approximate surface area is 102 Å². The Morgan fingerprint density at radius 3 is 2.76 bits per heavy atom. The zero-order chi connectivity index (χ0) is 12.0. The molecule has 1 saturated heterocycles. The van der Waals surface area contributed by atoms with Gasteiger partial charge in [0, 0.05) is 12.6 Å². The predicted molar refractivity (Wildman–Crippen MR) is 64.3 cm³/mol. The summed E-state index contributed by atoms with van der Waals surface area (Å²) in [5, 5.41) is 3.17. The van der Waals surface area contributed by atoms with E-state index in [4.69, 9.17) is 10.5 Å². The van der Waals surface area contributed by atoms with Crippen LogP contribution in [0.3, 0.4) is 0 Å². The van der Waals surface area contributed by atoms with Crippen LogP contribution in [-0.4, -0.2) is 30.7 Å². The number of carbonyl (C=O) groups is 1. The van der Waals surface area contributed by atoms with Crippen molar-refractivity contribution in [2.24, 2.45) is 23.5 Å². The Morgan fingerprint density at radius 2 is 2.18 bits per heavy atom. The molecule has 0 aromatic heterocycles. The molecule has 2 saturated carbocycles. The van der Waals surface area contributed by atoms with E-state index in [0.29, 0.717) is 18.4 Å². The number of fused-ring (bicyclic) bond motifs is 2. The molecule has 0 aromatic carbocycles. The molecule has 5 unspecified atom stereocenters. The van der Waals surface area contributed by atoms with Crippen LogP contribution in [0.1, 0.15) is 32.6 Å². The van der Waals surface area contributed by atoms with Gasteiger partial charge in [0.15, 0.2) is 0 Å². The molecule has 1 aliphatic heterocycles. The number of ether oxygens (including phenoxy) is 1. The van der Waals surface area contributed by atoms with Gasteiger partial charge in [0.25, 0.3) is 0 Å². The standard InChI is InChI=1S/C13H22N2O2/c1-13(4-5-17-7-13)15-12(16)10-8-2-3-9(6-8)11(10)14/h8-11H,2-7,14H2,1H3,(H,15,16). The Balaban J connectivity index is 1.66. The molecule has 1 heterocycles. The normalized spacial score (nSPS) is 48.6. The summed E-state index contributed by atoms with van der Waals surface area (Å²) in [6, 6.07) is 0.0830. The molecule has 2 bridgehead atoms. The molecule has 0 spiro atoms. The number of hydrogen-bond acceptors (Lipinski definition) is 3. The smallest absolute Gasteiger partial charge is 0.225 e. The summed E-state index contributed by atoms with van der Waals surface area (Å²) in [7, 11) is 0. The summed E-state index contributed by atoms with van der Waals surface area (Å²) in [4.78, 5) is 12.4. The van der Waals surface area contributed by atoms with Crippen LogP contribution >= 0.6 is 0 Å². The first-order valence-electron chi connectivity index (χ1n) is 6.74. The van der Waals surface area contributed by atoms with Gasteiger partial charge in [-0.3, -0.25) is 4.79 Å². The zero-order valence-electron chi connectivity index (χ0n) is 10.4. The molecule has 0 aromatic rings. The van der Waals surface area contributed by atoms with Gasteiger partial charge in [0.2, 0.25) is 5.91 Å². The summed E-state index contributed by atoms with van der Waals surface area (Å²) in [6.07, 6.45) is 4.47. The first-order chi connectivity index (χ1) is 8.09. The Kier molecular flexibility index (Phi) is 2.67. The van der Waals surface area contributed by atoms with E-state index in [1.54, 1.807) is 0 Å². The molecule has 2 aliphatic carbocycles. The first kappa shape index (κ1) is 11.5. The fraction of sp³-hybridized carbons (Fsp3) is 0.923. The molecule has 1 amide bonds. The van der Waals surface area contributed by atoms with Crippen LogP contribution in [-0.2, 0) is 9.53 Å². The lowest BCUT2D eigenvalue weighted by molar-refractivity contribution is -0.128. The number of carbonyl (C=O) groups excluding carboxylic acids is 1. The first-order valence-corrected chi connectivity index (χ1v) is 6.74. The molecule has 17 heavy (non-hydrogen) atoms. The summed E-state index contributed by atoms with van der Waals surface area (Å²) in [5.41, 5.74) is 6.02. The monoisotopic (exact) mass is 238 g/mol. The van der Waals surface area contributed by atoms with Crippen molar-refractivity contribution in [3.05, 3.63) is 0 Å². The fourth-order valence-corrected chi connectivity index (χ4v) is 3.87. The molecule has 4 nitrogen and oxygen atoms in total. The van der Waals surface area contributed by atoms with Crippen LogP contribution in [0.5, 0.6) is 0 Å². The zero-order valence-corrected chi connectivity index (χ0v) is 10.4. The van der Waals surface area contributed by atoms with Crippen molar-refractivity contribution in [2.75, 3.05) is 13.2 Å². The molecule has 3 N–H and O–H groups in total. The topological polar surface area (TPSA) is 64.4 Å². The Hall–Kier alpha value is -0.610. The van der Waals surface area contributed by atoms with Crippen molar-refractivity contribution in [3.8, 4) is 0 Å². The van der Waals surface area contributed by atoms with E-state index in [-0.39, 0.29) is 23.4 Å². The number of nitrogens with two attached hydrogens (primary N) is 1. The van der Waals surface area contributed by atoms with Crippen molar-refractivity contribution in [2.45, 2.75) is 44.2 Å². The third kappa shape index (κ3) is 1.87. The van der Waals surface area contributed by atoms with Crippen LogP contribution in [0.2, 0.25) is 0 Å². The van der Waals surface area contributed by atoms with Crippen LogP contribution in [0.15, 0.2) is 0 Å². The van der Waals surface area contributed by atoms with Gasteiger partial charge in [-0.1, -0.05) is 0 Å². The minimum Gasteiger partial charge on any atom is -0.379 e. The van der Waals surface area contributed by atoms with Gasteiger partial charge in [0.1, 0.15) is 0 Å². The molecule has 3 rings (SSSR count). The second kappa shape index (κ2) is 3.95. The molecular weight excluding hydrogens is 216 g/mol. The third-order valence-electron chi connectivity index (χ3n) is 4.93. The van der Waals surface area contributed by atoms with Crippen molar-refractivity contribution >= 4 is 5.91 Å². The third-order valence-corrected chi connectivity index (χ3v) is 4.93. The molecular formula is C13H22N2O2. The maximum atomic E-state index is 12.4. The predicted octanol–water partition coefficient (Wildman–Crippen LogP) is 0.655. The summed E-state index contributed by atoms with van der Waals surface area (Å²) >= 11 is 0. The lowest BCUT2D eigenvalue weighted by Crippen LogP contribution is -2.53. The van der Waals surface area contributed by atoms with Crippen molar-refractivity contribution in [3.63, 3.8) is 0 Å². The molecule has 3 aliphatic rings. The van der Waals surface area contributed by atoms with Gasteiger partial charge >= 0.3 is 0 Å². The summed E-state index contributed by atoms with van der Waals surface area (Å²) in [5.74, 6) is 1.33. The minimum absolute atomic E-state index is 0.0474. The van der Waals surface area contributed by atoms with Gasteiger partial charge < -0.3 is 15.8 Å². The highest BCUT2D eigenvalue weighted by atomic mass is 16.5. The highest BCUT2D eigenvalue weighted by molar-refractivity contribution is 5.81. The number of amides is 1. The highest BCUT2D eigenvalue weighted by Crippen LogP contribution is 2.47. The quantitative estimate of drug-likeness (QED) is 0.742. The molecule has 4 heteroatoms. The highest BCUT2D eigenvalue weighted by Gasteiger charge is 2.50. The van der Waals surface area contributed by atoms with Crippen molar-refractivity contribution < 1.29 is 9.53 Å². The summed E-state index contributed by atoms with van der Waals surface area (Å²) in [6.45, 7) is 3.45. The Morgan fingerprint density at radius 1 is 1.41 bits per heavy atom. The number of hydrogen-bond donors (Lipinski definition) is 2. The van der Waals surface area contributed by atoms with Crippen LogP contribution in [0.4, 0.5) is 0 Å². The van der Waals surface area contributed by atoms with E-state index in [0.717, 1.165) is 19.4 Å². The van der Waals surface area contributed by atoms with Crippen molar-refractivity contribution in [1.82, 2.24) is 5.32 Å². The van der Waals surface area contributed by atoms with E-state index in [9.17, 15) is 4.79 Å². The molecule has 3 fully saturated rings. The molecule has 5 atom stereocenters. The SMILES string of the molecule is CC1(NC(=O)C2C3CCC(C3)C2N)CCOC1.